The summed E-state index contributed by atoms with van der Waals surface area (Å²) in [4.78, 5) is 0. The van der Waals surface area contributed by atoms with Crippen LogP contribution in [-0.4, -0.2) is 30.3 Å². The molecular formula is C10H18FNS. The Morgan fingerprint density at radius 3 is 3.15 bits per heavy atom. The minimum absolute atomic E-state index is 0.104. The lowest BCUT2D eigenvalue weighted by Gasteiger charge is -2.31. The molecule has 3 heteroatoms. The van der Waals surface area contributed by atoms with Gasteiger partial charge in [-0.25, -0.2) is 0 Å². The lowest BCUT2D eigenvalue weighted by atomic mass is 9.85. The normalized spacial score (nSPS) is 40.8. The highest BCUT2D eigenvalue weighted by atomic mass is 32.2. The molecule has 0 radical (unpaired) electrons. The number of halogens is 1. The average Bonchev–Trinajstić information content (AvgIpc) is 2.37. The number of nitrogens with one attached hydrogen (secondary N) is 1. The molecule has 0 aliphatic carbocycles. The van der Waals surface area contributed by atoms with Crippen molar-refractivity contribution >= 4 is 11.8 Å². The third kappa shape index (κ3) is 1.86. The van der Waals surface area contributed by atoms with Crippen LogP contribution in [0.1, 0.15) is 25.7 Å². The van der Waals surface area contributed by atoms with Crippen LogP contribution in [0.2, 0.25) is 0 Å². The highest BCUT2D eigenvalue weighted by Gasteiger charge is 2.43. The van der Waals surface area contributed by atoms with Gasteiger partial charge in [0.15, 0.2) is 0 Å². The smallest absolute Gasteiger partial charge is 0.0936 e. The maximum absolute atomic E-state index is 12.8. The van der Waals surface area contributed by atoms with Crippen molar-refractivity contribution in [2.75, 3.05) is 25.5 Å². The van der Waals surface area contributed by atoms with Gasteiger partial charge in [0.1, 0.15) is 0 Å². The van der Waals surface area contributed by atoms with Gasteiger partial charge >= 0.3 is 0 Å². The molecule has 2 saturated heterocycles. The first-order valence-corrected chi connectivity index (χ1v) is 6.27. The summed E-state index contributed by atoms with van der Waals surface area (Å²) >= 11 is 2.03. The lowest BCUT2D eigenvalue weighted by molar-refractivity contribution is 0.279. The summed E-state index contributed by atoms with van der Waals surface area (Å²) in [6.07, 6.45) is 4.72. The molecular weight excluding hydrogens is 185 g/mol. The fourth-order valence-electron chi connectivity index (χ4n) is 2.62. The van der Waals surface area contributed by atoms with Gasteiger partial charge in [-0.05, 0) is 44.5 Å². The molecule has 0 unspecified atom stereocenters. The van der Waals surface area contributed by atoms with Crippen molar-refractivity contribution in [1.29, 1.82) is 0 Å². The highest BCUT2D eigenvalue weighted by molar-refractivity contribution is 8.00. The van der Waals surface area contributed by atoms with Gasteiger partial charge in [-0.1, -0.05) is 0 Å². The molecule has 1 spiro atoms. The SMILES string of the molecule is FC[C@@H]1CCS[C@]12CCCNCC2. The van der Waals surface area contributed by atoms with E-state index in [1.54, 1.807) is 0 Å². The molecule has 2 fully saturated rings. The second-order valence-corrected chi connectivity index (χ2v) is 5.67. The Bertz CT molecular complexity index is 166. The van der Waals surface area contributed by atoms with Gasteiger partial charge in [0.05, 0.1) is 6.67 Å². The second-order valence-electron chi connectivity index (χ2n) is 4.16. The van der Waals surface area contributed by atoms with E-state index >= 15 is 0 Å². The monoisotopic (exact) mass is 203 g/mol. The zero-order chi connectivity index (χ0) is 9.15. The lowest BCUT2D eigenvalue weighted by Crippen LogP contribution is -2.32. The van der Waals surface area contributed by atoms with Crippen LogP contribution >= 0.6 is 11.8 Å². The third-order valence-electron chi connectivity index (χ3n) is 3.46. The first kappa shape index (κ1) is 9.78. The maximum atomic E-state index is 12.8. The standard InChI is InChI=1S/C10H18FNS/c11-8-9-2-7-13-10(9)3-1-5-12-6-4-10/h9,12H,1-8H2/t9-,10-/m0/s1. The van der Waals surface area contributed by atoms with E-state index in [0.29, 0.717) is 10.7 Å². The van der Waals surface area contributed by atoms with E-state index in [1.165, 1.54) is 25.0 Å². The summed E-state index contributed by atoms with van der Waals surface area (Å²) in [7, 11) is 0. The minimum atomic E-state index is -0.104. The van der Waals surface area contributed by atoms with Gasteiger partial charge in [-0.15, -0.1) is 0 Å². The predicted octanol–water partition coefficient (Wildman–Crippen LogP) is 2.22. The van der Waals surface area contributed by atoms with Crippen LogP contribution in [0.3, 0.4) is 0 Å². The van der Waals surface area contributed by atoms with Crippen LogP contribution in [0.15, 0.2) is 0 Å². The molecule has 0 aromatic carbocycles. The van der Waals surface area contributed by atoms with Crippen molar-refractivity contribution in [2.24, 2.45) is 5.92 Å². The minimum Gasteiger partial charge on any atom is -0.317 e. The molecule has 2 aliphatic rings. The van der Waals surface area contributed by atoms with Gasteiger partial charge in [0.25, 0.3) is 0 Å². The fourth-order valence-corrected chi connectivity index (χ4v) is 4.38. The third-order valence-corrected chi connectivity index (χ3v) is 5.22. The van der Waals surface area contributed by atoms with Crippen LogP contribution < -0.4 is 5.32 Å². The number of rotatable bonds is 1. The van der Waals surface area contributed by atoms with Crippen LogP contribution in [0.25, 0.3) is 0 Å². The Balaban J connectivity index is 2.06. The van der Waals surface area contributed by atoms with Crippen molar-refractivity contribution in [3.8, 4) is 0 Å². The van der Waals surface area contributed by atoms with Gasteiger partial charge in [0, 0.05) is 10.7 Å². The van der Waals surface area contributed by atoms with Crippen LogP contribution in [0.4, 0.5) is 4.39 Å². The van der Waals surface area contributed by atoms with E-state index in [0.717, 1.165) is 19.5 Å². The van der Waals surface area contributed by atoms with E-state index in [2.05, 4.69) is 5.32 Å². The maximum Gasteiger partial charge on any atom is 0.0936 e. The van der Waals surface area contributed by atoms with Crippen molar-refractivity contribution in [3.05, 3.63) is 0 Å². The van der Waals surface area contributed by atoms with E-state index in [9.17, 15) is 4.39 Å². The fraction of sp³-hybridized carbons (Fsp3) is 1.00. The van der Waals surface area contributed by atoms with Gasteiger partial charge in [0.2, 0.25) is 0 Å². The molecule has 2 rings (SSSR count). The molecule has 2 heterocycles. The molecule has 1 N–H and O–H groups in total. The summed E-state index contributed by atoms with van der Waals surface area (Å²) in [5.41, 5.74) is 0. The Hall–Kier alpha value is 0.240. The summed E-state index contributed by atoms with van der Waals surface area (Å²) in [6.45, 7) is 2.11. The Labute approximate surface area is 83.9 Å². The van der Waals surface area contributed by atoms with Crippen LogP contribution in [0.5, 0.6) is 0 Å². The Morgan fingerprint density at radius 1 is 1.38 bits per heavy atom. The molecule has 13 heavy (non-hydrogen) atoms. The number of alkyl halides is 1. The van der Waals surface area contributed by atoms with Gasteiger partial charge in [-0.2, -0.15) is 11.8 Å². The molecule has 0 bridgehead atoms. The largest absolute Gasteiger partial charge is 0.317 e. The molecule has 0 aromatic heterocycles. The first-order valence-electron chi connectivity index (χ1n) is 5.28. The first-order chi connectivity index (χ1) is 6.37. The molecule has 2 atom stereocenters. The van der Waals surface area contributed by atoms with Gasteiger partial charge < -0.3 is 5.32 Å². The quantitative estimate of drug-likeness (QED) is 0.701. The van der Waals surface area contributed by atoms with E-state index < -0.39 is 0 Å². The average molecular weight is 203 g/mol. The van der Waals surface area contributed by atoms with E-state index in [-0.39, 0.29) is 6.67 Å². The molecule has 76 valence electrons. The molecule has 2 aliphatic heterocycles. The van der Waals surface area contributed by atoms with Crippen molar-refractivity contribution in [2.45, 2.75) is 30.4 Å². The zero-order valence-corrected chi connectivity index (χ0v) is 8.84. The molecule has 1 nitrogen and oxygen atoms in total. The summed E-state index contributed by atoms with van der Waals surface area (Å²) in [5.74, 6) is 1.52. The molecule has 0 saturated carbocycles. The van der Waals surface area contributed by atoms with Crippen LogP contribution in [-0.2, 0) is 0 Å². The Kier molecular flexibility index (Phi) is 3.14. The van der Waals surface area contributed by atoms with E-state index in [1.807, 2.05) is 11.8 Å². The summed E-state index contributed by atoms with van der Waals surface area (Å²) in [6, 6.07) is 0. The Morgan fingerprint density at radius 2 is 2.31 bits per heavy atom. The highest BCUT2D eigenvalue weighted by Crippen LogP contribution is 2.49. The van der Waals surface area contributed by atoms with Crippen molar-refractivity contribution in [3.63, 3.8) is 0 Å². The summed E-state index contributed by atoms with van der Waals surface area (Å²) in [5, 5.41) is 3.41. The molecule has 0 amide bonds. The van der Waals surface area contributed by atoms with Crippen molar-refractivity contribution in [1.82, 2.24) is 5.32 Å². The van der Waals surface area contributed by atoms with E-state index in [4.69, 9.17) is 0 Å². The van der Waals surface area contributed by atoms with Crippen molar-refractivity contribution < 1.29 is 4.39 Å². The second kappa shape index (κ2) is 4.18. The zero-order valence-electron chi connectivity index (χ0n) is 8.02. The predicted molar refractivity (Wildman–Crippen MR) is 56.0 cm³/mol. The van der Waals surface area contributed by atoms with Gasteiger partial charge in [-0.3, -0.25) is 4.39 Å². The summed E-state index contributed by atoms with van der Waals surface area (Å²) < 4.78 is 13.1. The number of hydrogen-bond donors (Lipinski definition) is 1. The number of thioether (sulfide) groups is 1. The molecule has 0 aromatic rings. The van der Waals surface area contributed by atoms with Crippen LogP contribution in [0, 0.1) is 5.92 Å². The number of hydrogen-bond acceptors (Lipinski definition) is 2. The topological polar surface area (TPSA) is 12.0 Å².